The minimum atomic E-state index is 0.860. The van der Waals surface area contributed by atoms with Gasteiger partial charge in [0.1, 0.15) is 11.5 Å². The van der Waals surface area contributed by atoms with Gasteiger partial charge in [0, 0.05) is 20.7 Å². The van der Waals surface area contributed by atoms with Crippen molar-refractivity contribution in [2.75, 3.05) is 0 Å². The third-order valence-corrected chi connectivity index (χ3v) is 3.29. The standard InChI is InChI=1S/C14H10INO/c15-11-1-3-12(4-2-11)17-13-5-6-14-10(9-13)7-8-16-14/h1-9,16H. The van der Waals surface area contributed by atoms with Gasteiger partial charge in [-0.1, -0.05) is 0 Å². The second-order valence-electron chi connectivity index (χ2n) is 3.78. The SMILES string of the molecule is Ic1ccc(Oc2ccc3[nH]ccc3c2)cc1. The number of benzene rings is 2. The highest BCUT2D eigenvalue weighted by Gasteiger charge is 1.99. The first kappa shape index (κ1) is 10.7. The van der Waals surface area contributed by atoms with Crippen LogP contribution in [0.5, 0.6) is 11.5 Å². The normalized spacial score (nSPS) is 10.6. The zero-order chi connectivity index (χ0) is 11.7. The number of hydrogen-bond donors (Lipinski definition) is 1. The lowest BCUT2D eigenvalue weighted by Crippen LogP contribution is -1.83. The Kier molecular flexibility index (Phi) is 2.76. The lowest BCUT2D eigenvalue weighted by Gasteiger charge is -2.05. The average molecular weight is 335 g/mol. The van der Waals surface area contributed by atoms with Crippen LogP contribution in [0.1, 0.15) is 0 Å². The molecule has 1 aromatic heterocycles. The van der Waals surface area contributed by atoms with Crippen molar-refractivity contribution >= 4 is 33.5 Å². The maximum Gasteiger partial charge on any atom is 0.128 e. The topological polar surface area (TPSA) is 25.0 Å². The molecule has 84 valence electrons. The Bertz CT molecular complexity index is 643. The fourth-order valence-corrected chi connectivity index (χ4v) is 2.09. The molecule has 3 heteroatoms. The van der Waals surface area contributed by atoms with Crippen LogP contribution in [0.25, 0.3) is 10.9 Å². The maximum atomic E-state index is 5.79. The lowest BCUT2D eigenvalue weighted by atomic mass is 10.2. The average Bonchev–Trinajstić information content (AvgIpc) is 2.79. The number of aromatic nitrogens is 1. The molecule has 0 atom stereocenters. The van der Waals surface area contributed by atoms with Gasteiger partial charge in [0.05, 0.1) is 0 Å². The van der Waals surface area contributed by atoms with Crippen molar-refractivity contribution in [1.29, 1.82) is 0 Å². The Morgan fingerprint density at radius 2 is 1.65 bits per heavy atom. The molecule has 2 aromatic carbocycles. The Balaban J connectivity index is 1.91. The number of hydrogen-bond acceptors (Lipinski definition) is 1. The second kappa shape index (κ2) is 4.41. The third-order valence-electron chi connectivity index (χ3n) is 2.57. The summed E-state index contributed by atoms with van der Waals surface area (Å²) in [7, 11) is 0. The van der Waals surface area contributed by atoms with Crippen LogP contribution in [-0.4, -0.2) is 4.98 Å². The summed E-state index contributed by atoms with van der Waals surface area (Å²) in [6.07, 6.45) is 1.93. The van der Waals surface area contributed by atoms with E-state index in [1.54, 1.807) is 0 Å². The summed E-state index contributed by atoms with van der Waals surface area (Å²) in [4.78, 5) is 3.16. The summed E-state index contributed by atoms with van der Waals surface area (Å²) in [6.45, 7) is 0. The molecule has 0 saturated carbocycles. The molecule has 0 radical (unpaired) electrons. The first-order chi connectivity index (χ1) is 8.31. The van der Waals surface area contributed by atoms with Crippen molar-refractivity contribution in [2.45, 2.75) is 0 Å². The van der Waals surface area contributed by atoms with Crippen LogP contribution in [0.2, 0.25) is 0 Å². The Labute approximate surface area is 113 Å². The molecule has 0 amide bonds. The van der Waals surface area contributed by atoms with E-state index in [9.17, 15) is 0 Å². The van der Waals surface area contributed by atoms with E-state index in [0.29, 0.717) is 0 Å². The maximum absolute atomic E-state index is 5.79. The minimum absolute atomic E-state index is 0.860. The van der Waals surface area contributed by atoms with Crippen molar-refractivity contribution < 1.29 is 4.74 Å². The van der Waals surface area contributed by atoms with Gasteiger partial charge in [-0.05, 0) is 71.1 Å². The first-order valence-electron chi connectivity index (χ1n) is 5.32. The van der Waals surface area contributed by atoms with Crippen LogP contribution in [0.3, 0.4) is 0 Å². The smallest absolute Gasteiger partial charge is 0.128 e. The number of H-pyrrole nitrogens is 1. The number of nitrogens with one attached hydrogen (secondary N) is 1. The number of rotatable bonds is 2. The molecule has 2 nitrogen and oxygen atoms in total. The summed E-state index contributed by atoms with van der Waals surface area (Å²) in [5.41, 5.74) is 1.12. The lowest BCUT2D eigenvalue weighted by molar-refractivity contribution is 0.483. The molecule has 3 rings (SSSR count). The van der Waals surface area contributed by atoms with Crippen LogP contribution in [0.15, 0.2) is 54.7 Å². The van der Waals surface area contributed by atoms with Gasteiger partial charge in [0.15, 0.2) is 0 Å². The number of ether oxygens (including phenoxy) is 1. The van der Waals surface area contributed by atoms with Crippen LogP contribution in [0.4, 0.5) is 0 Å². The first-order valence-corrected chi connectivity index (χ1v) is 6.40. The van der Waals surface area contributed by atoms with E-state index in [4.69, 9.17) is 4.74 Å². The van der Waals surface area contributed by atoms with Crippen LogP contribution in [0, 0.1) is 3.57 Å². The summed E-state index contributed by atoms with van der Waals surface area (Å²) in [5.74, 6) is 1.72. The fourth-order valence-electron chi connectivity index (χ4n) is 1.73. The predicted molar refractivity (Wildman–Crippen MR) is 77.5 cm³/mol. The highest BCUT2D eigenvalue weighted by atomic mass is 127. The molecule has 0 aliphatic heterocycles. The highest BCUT2D eigenvalue weighted by molar-refractivity contribution is 14.1. The molecule has 0 fully saturated rings. The van der Waals surface area contributed by atoms with Gasteiger partial charge in [0.2, 0.25) is 0 Å². The van der Waals surface area contributed by atoms with Gasteiger partial charge in [-0.15, -0.1) is 0 Å². The Morgan fingerprint density at radius 3 is 2.47 bits per heavy atom. The molecule has 17 heavy (non-hydrogen) atoms. The quantitative estimate of drug-likeness (QED) is 0.682. The molecule has 0 unspecified atom stereocenters. The minimum Gasteiger partial charge on any atom is -0.457 e. The molecule has 3 aromatic rings. The van der Waals surface area contributed by atoms with Gasteiger partial charge < -0.3 is 9.72 Å². The predicted octanol–water partition coefficient (Wildman–Crippen LogP) is 4.56. The van der Waals surface area contributed by atoms with E-state index in [1.807, 2.05) is 54.7 Å². The van der Waals surface area contributed by atoms with Crippen LogP contribution in [-0.2, 0) is 0 Å². The molecular weight excluding hydrogens is 325 g/mol. The van der Waals surface area contributed by atoms with Crippen molar-refractivity contribution in [2.24, 2.45) is 0 Å². The van der Waals surface area contributed by atoms with Gasteiger partial charge in [-0.2, -0.15) is 0 Å². The summed E-state index contributed by atoms with van der Waals surface area (Å²) >= 11 is 2.28. The van der Waals surface area contributed by atoms with E-state index in [-0.39, 0.29) is 0 Å². The largest absolute Gasteiger partial charge is 0.457 e. The molecular formula is C14H10INO. The Morgan fingerprint density at radius 1 is 0.882 bits per heavy atom. The van der Waals surface area contributed by atoms with Crippen molar-refractivity contribution in [3.8, 4) is 11.5 Å². The second-order valence-corrected chi connectivity index (χ2v) is 5.03. The molecule has 0 aliphatic carbocycles. The van der Waals surface area contributed by atoms with Gasteiger partial charge >= 0.3 is 0 Å². The molecule has 1 N–H and O–H groups in total. The summed E-state index contributed by atoms with van der Waals surface area (Å²) < 4.78 is 7.00. The summed E-state index contributed by atoms with van der Waals surface area (Å²) in [6, 6.07) is 16.1. The van der Waals surface area contributed by atoms with E-state index in [2.05, 4.69) is 27.6 Å². The van der Waals surface area contributed by atoms with Gasteiger partial charge in [0.25, 0.3) is 0 Å². The zero-order valence-electron chi connectivity index (χ0n) is 8.98. The third kappa shape index (κ3) is 2.29. The number of aromatic amines is 1. The summed E-state index contributed by atoms with van der Waals surface area (Å²) in [5, 5.41) is 1.16. The molecule has 0 saturated heterocycles. The van der Waals surface area contributed by atoms with Crippen molar-refractivity contribution in [3.63, 3.8) is 0 Å². The van der Waals surface area contributed by atoms with Gasteiger partial charge in [-0.25, -0.2) is 0 Å². The monoisotopic (exact) mass is 335 g/mol. The van der Waals surface area contributed by atoms with E-state index < -0.39 is 0 Å². The van der Waals surface area contributed by atoms with Crippen molar-refractivity contribution in [3.05, 3.63) is 58.3 Å². The highest BCUT2D eigenvalue weighted by Crippen LogP contribution is 2.25. The van der Waals surface area contributed by atoms with Crippen LogP contribution >= 0.6 is 22.6 Å². The zero-order valence-corrected chi connectivity index (χ0v) is 11.1. The molecule has 1 heterocycles. The molecule has 0 spiro atoms. The molecule has 0 aliphatic rings. The van der Waals surface area contributed by atoms with E-state index in [0.717, 1.165) is 22.4 Å². The number of halogens is 1. The van der Waals surface area contributed by atoms with Crippen LogP contribution < -0.4 is 4.74 Å². The fraction of sp³-hybridized carbons (Fsp3) is 0. The van der Waals surface area contributed by atoms with E-state index >= 15 is 0 Å². The van der Waals surface area contributed by atoms with Crippen molar-refractivity contribution in [1.82, 2.24) is 4.98 Å². The number of fused-ring (bicyclic) bond motifs is 1. The molecule has 0 bridgehead atoms. The van der Waals surface area contributed by atoms with Gasteiger partial charge in [-0.3, -0.25) is 0 Å². The van der Waals surface area contributed by atoms with E-state index in [1.165, 1.54) is 3.57 Å². The Hall–Kier alpha value is -1.49.